The molecule has 0 unspecified atom stereocenters. The van der Waals surface area contributed by atoms with Gasteiger partial charge in [-0.15, -0.1) is 24.8 Å². The fraction of sp³-hybridized carbons (Fsp3) is 0.357. The fourth-order valence-corrected chi connectivity index (χ4v) is 1.83. The number of nitrogens with one attached hydrogen (secondary N) is 1. The summed E-state index contributed by atoms with van der Waals surface area (Å²) in [6.45, 7) is 3.46. The van der Waals surface area contributed by atoms with Crippen LogP contribution in [0.3, 0.4) is 0 Å². The second-order valence-electron chi connectivity index (χ2n) is 4.21. The summed E-state index contributed by atoms with van der Waals surface area (Å²) >= 11 is 5.80. The van der Waals surface area contributed by atoms with Crippen molar-refractivity contribution in [2.75, 3.05) is 19.7 Å². The number of hydrogen-bond donors (Lipinski definition) is 1. The van der Waals surface area contributed by atoms with Crippen molar-refractivity contribution in [1.82, 2.24) is 14.9 Å². The lowest BCUT2D eigenvalue weighted by Gasteiger charge is -2.07. The Bertz CT molecular complexity index is 463. The molecule has 7 heteroatoms. The summed E-state index contributed by atoms with van der Waals surface area (Å²) in [6, 6.07) is 7.41. The maximum Gasteiger partial charge on any atom is 0.119 e. The summed E-state index contributed by atoms with van der Waals surface area (Å²) < 4.78 is 7.65. The normalized spacial score (nSPS) is 9.57. The van der Waals surface area contributed by atoms with Gasteiger partial charge in [0.25, 0.3) is 0 Å². The van der Waals surface area contributed by atoms with Gasteiger partial charge in [-0.25, -0.2) is 4.98 Å². The number of halogens is 3. The monoisotopic (exact) mass is 351 g/mol. The minimum absolute atomic E-state index is 0. The lowest BCUT2D eigenvalue weighted by atomic mass is 10.3. The molecule has 1 aromatic carbocycles. The Morgan fingerprint density at radius 3 is 2.57 bits per heavy atom. The van der Waals surface area contributed by atoms with Gasteiger partial charge in [0.2, 0.25) is 0 Å². The first-order valence-corrected chi connectivity index (χ1v) is 6.77. The lowest BCUT2D eigenvalue weighted by Crippen LogP contribution is -2.22. The van der Waals surface area contributed by atoms with Crippen molar-refractivity contribution in [3.8, 4) is 5.75 Å². The Balaban J connectivity index is 0.00000200. The molecule has 1 heterocycles. The van der Waals surface area contributed by atoms with Gasteiger partial charge < -0.3 is 14.6 Å². The molecule has 0 saturated heterocycles. The number of nitrogens with zero attached hydrogens (tertiary/aromatic N) is 2. The molecular formula is C14H20Cl3N3O. The molecule has 0 amide bonds. The lowest BCUT2D eigenvalue weighted by molar-refractivity contribution is 0.313. The summed E-state index contributed by atoms with van der Waals surface area (Å²) in [5.41, 5.74) is 0. The number of aromatic nitrogens is 2. The summed E-state index contributed by atoms with van der Waals surface area (Å²) in [5.74, 6) is 0.851. The first kappa shape index (κ1) is 20.1. The van der Waals surface area contributed by atoms with E-state index in [-0.39, 0.29) is 24.8 Å². The molecule has 2 aromatic rings. The number of imidazole rings is 1. The Labute approximate surface area is 142 Å². The molecule has 0 aliphatic rings. The van der Waals surface area contributed by atoms with Crippen molar-refractivity contribution in [2.45, 2.75) is 13.0 Å². The number of benzene rings is 1. The number of aryl methyl sites for hydroxylation is 1. The van der Waals surface area contributed by atoms with Crippen LogP contribution in [0, 0.1) is 0 Å². The van der Waals surface area contributed by atoms with E-state index < -0.39 is 0 Å². The van der Waals surface area contributed by atoms with Crippen molar-refractivity contribution in [1.29, 1.82) is 0 Å². The first-order chi connectivity index (χ1) is 9.34. The van der Waals surface area contributed by atoms with Gasteiger partial charge in [-0.1, -0.05) is 11.6 Å². The fourth-order valence-electron chi connectivity index (χ4n) is 1.70. The zero-order chi connectivity index (χ0) is 13.3. The Morgan fingerprint density at radius 1 is 1.14 bits per heavy atom. The predicted molar refractivity (Wildman–Crippen MR) is 91.2 cm³/mol. The predicted octanol–water partition coefficient (Wildman–Crippen LogP) is 3.44. The SMILES string of the molecule is Cl.Cl.Clc1ccc(OCCNCCCn2ccnc2)cc1. The molecule has 0 bridgehead atoms. The van der Waals surface area contributed by atoms with Gasteiger partial charge in [0.15, 0.2) is 0 Å². The Hall–Kier alpha value is -0.940. The van der Waals surface area contributed by atoms with Crippen LogP contribution in [0.1, 0.15) is 6.42 Å². The van der Waals surface area contributed by atoms with Crippen LogP contribution < -0.4 is 10.1 Å². The van der Waals surface area contributed by atoms with Crippen LogP contribution in [-0.4, -0.2) is 29.2 Å². The average molecular weight is 353 g/mol. The van der Waals surface area contributed by atoms with Crippen LogP contribution in [0.5, 0.6) is 5.75 Å². The zero-order valence-electron chi connectivity index (χ0n) is 11.6. The molecule has 2 rings (SSSR count). The van der Waals surface area contributed by atoms with Crippen molar-refractivity contribution in [3.63, 3.8) is 0 Å². The van der Waals surface area contributed by atoms with Crippen molar-refractivity contribution >= 4 is 36.4 Å². The van der Waals surface area contributed by atoms with Crippen molar-refractivity contribution in [2.24, 2.45) is 0 Å². The smallest absolute Gasteiger partial charge is 0.119 e. The molecule has 4 nitrogen and oxygen atoms in total. The van der Waals surface area contributed by atoms with E-state index in [0.717, 1.165) is 36.8 Å². The van der Waals surface area contributed by atoms with E-state index in [0.29, 0.717) is 6.61 Å². The average Bonchev–Trinajstić information content (AvgIpc) is 2.93. The molecule has 1 aromatic heterocycles. The Kier molecular flexibility index (Phi) is 11.2. The standard InChI is InChI=1S/C14H18ClN3O.2ClH/c15-13-2-4-14(5-3-13)19-11-8-16-6-1-9-18-10-7-17-12-18;;/h2-5,7,10,12,16H,1,6,8-9,11H2;2*1H. The van der Waals surface area contributed by atoms with E-state index in [4.69, 9.17) is 16.3 Å². The molecule has 1 N–H and O–H groups in total. The van der Waals surface area contributed by atoms with Crippen LogP contribution in [-0.2, 0) is 6.54 Å². The minimum Gasteiger partial charge on any atom is -0.492 e. The third-order valence-electron chi connectivity index (χ3n) is 2.69. The van der Waals surface area contributed by atoms with E-state index in [1.807, 2.05) is 36.8 Å². The maximum absolute atomic E-state index is 5.80. The molecule has 118 valence electrons. The highest BCUT2D eigenvalue weighted by atomic mass is 35.5. The highest BCUT2D eigenvalue weighted by Gasteiger charge is 1.94. The van der Waals surface area contributed by atoms with Crippen molar-refractivity contribution in [3.05, 3.63) is 48.0 Å². The van der Waals surface area contributed by atoms with Gasteiger partial charge in [-0.3, -0.25) is 0 Å². The molecule has 0 aliphatic heterocycles. The number of hydrogen-bond acceptors (Lipinski definition) is 3. The van der Waals surface area contributed by atoms with Crippen LogP contribution in [0.15, 0.2) is 43.0 Å². The molecule has 0 spiro atoms. The third kappa shape index (κ3) is 8.17. The second kappa shape index (κ2) is 11.7. The van der Waals surface area contributed by atoms with Crippen LogP contribution in [0.2, 0.25) is 5.02 Å². The molecule has 0 saturated carbocycles. The first-order valence-electron chi connectivity index (χ1n) is 6.39. The molecule has 0 fully saturated rings. The summed E-state index contributed by atoms with van der Waals surface area (Å²) in [4.78, 5) is 4.00. The quantitative estimate of drug-likeness (QED) is 0.740. The summed E-state index contributed by atoms with van der Waals surface area (Å²) in [7, 11) is 0. The topological polar surface area (TPSA) is 39.1 Å². The zero-order valence-corrected chi connectivity index (χ0v) is 14.0. The summed E-state index contributed by atoms with van der Waals surface area (Å²) in [6.07, 6.45) is 6.69. The van der Waals surface area contributed by atoms with Gasteiger partial charge in [0.05, 0.1) is 6.33 Å². The summed E-state index contributed by atoms with van der Waals surface area (Å²) in [5, 5.41) is 4.07. The number of rotatable bonds is 8. The number of ether oxygens (including phenoxy) is 1. The highest BCUT2D eigenvalue weighted by molar-refractivity contribution is 6.30. The molecule has 0 atom stereocenters. The van der Waals surface area contributed by atoms with Crippen LogP contribution >= 0.6 is 36.4 Å². The molecular weight excluding hydrogens is 333 g/mol. The Morgan fingerprint density at radius 2 is 1.90 bits per heavy atom. The van der Waals surface area contributed by atoms with Gasteiger partial charge in [0, 0.05) is 30.5 Å². The van der Waals surface area contributed by atoms with E-state index in [2.05, 4.69) is 14.9 Å². The second-order valence-corrected chi connectivity index (χ2v) is 4.64. The largest absolute Gasteiger partial charge is 0.492 e. The van der Waals surface area contributed by atoms with Crippen molar-refractivity contribution < 1.29 is 4.74 Å². The van der Waals surface area contributed by atoms with E-state index in [1.165, 1.54) is 0 Å². The van der Waals surface area contributed by atoms with Gasteiger partial charge in [-0.2, -0.15) is 0 Å². The molecule has 0 aliphatic carbocycles. The van der Waals surface area contributed by atoms with Gasteiger partial charge in [-0.05, 0) is 37.2 Å². The maximum atomic E-state index is 5.80. The van der Waals surface area contributed by atoms with Gasteiger partial charge in [0.1, 0.15) is 12.4 Å². The van der Waals surface area contributed by atoms with Crippen LogP contribution in [0.25, 0.3) is 0 Å². The van der Waals surface area contributed by atoms with E-state index in [9.17, 15) is 0 Å². The van der Waals surface area contributed by atoms with E-state index >= 15 is 0 Å². The molecule has 0 radical (unpaired) electrons. The minimum atomic E-state index is 0. The molecule has 21 heavy (non-hydrogen) atoms. The van der Waals surface area contributed by atoms with Crippen LogP contribution in [0.4, 0.5) is 0 Å². The third-order valence-corrected chi connectivity index (χ3v) is 2.94. The van der Waals surface area contributed by atoms with Gasteiger partial charge >= 0.3 is 0 Å². The highest BCUT2D eigenvalue weighted by Crippen LogP contribution is 2.14. The van der Waals surface area contributed by atoms with E-state index in [1.54, 1.807) is 6.20 Å².